The standard InChI is InChI=1S/C31H43N5O4/c1-40-31(39)27-14-9-17-34(27)28(37)20-32-29-30(38)36(26-13-8-7-12-25(26)33-29)24-18-22-15-16-23(19-24)35(22)21-10-5-3-2-4-6-11-21/h7-8,12-13,21-24,27H,2-6,9-11,14-20H2,1H3,(H,32,33)/t22-,23+,24+,27-/m0/s1. The molecule has 0 unspecified atom stereocenters. The Labute approximate surface area is 236 Å². The highest BCUT2D eigenvalue weighted by molar-refractivity contribution is 5.87. The molecule has 2 aromatic rings. The lowest BCUT2D eigenvalue weighted by Crippen LogP contribution is -2.50. The molecule has 3 aliphatic heterocycles. The average molecular weight is 550 g/mol. The van der Waals surface area contributed by atoms with Crippen LogP contribution in [0.1, 0.15) is 89.5 Å². The molecule has 40 heavy (non-hydrogen) atoms. The summed E-state index contributed by atoms with van der Waals surface area (Å²) >= 11 is 0. The first-order valence-corrected chi connectivity index (χ1v) is 15.4. The third-order valence-corrected chi connectivity index (χ3v) is 9.87. The number of amides is 1. The molecule has 6 rings (SSSR count). The first-order chi connectivity index (χ1) is 19.5. The number of rotatable bonds is 6. The number of hydrogen-bond donors (Lipinski definition) is 1. The van der Waals surface area contributed by atoms with Gasteiger partial charge in [0.25, 0.3) is 5.56 Å². The van der Waals surface area contributed by atoms with E-state index in [1.54, 1.807) is 4.90 Å². The zero-order valence-corrected chi connectivity index (χ0v) is 23.7. The Kier molecular flexibility index (Phi) is 8.10. The molecule has 1 aliphatic carbocycles. The number of methoxy groups -OCH3 is 1. The minimum atomic E-state index is -0.556. The van der Waals surface area contributed by atoms with Gasteiger partial charge in [-0.25, -0.2) is 9.78 Å². The number of benzene rings is 1. The Bertz CT molecular complexity index is 1270. The monoisotopic (exact) mass is 549 g/mol. The summed E-state index contributed by atoms with van der Waals surface area (Å²) in [6.07, 6.45) is 15.1. The van der Waals surface area contributed by atoms with Crippen molar-refractivity contribution < 1.29 is 14.3 Å². The Morgan fingerprint density at radius 2 is 1.60 bits per heavy atom. The lowest BCUT2D eigenvalue weighted by atomic mass is 9.89. The number of likely N-dealkylation sites (tertiary alicyclic amines) is 1. The largest absolute Gasteiger partial charge is 0.467 e. The fraction of sp³-hybridized carbons (Fsp3) is 0.677. The number of nitrogens with one attached hydrogen (secondary N) is 1. The molecule has 9 nitrogen and oxygen atoms in total. The predicted octanol–water partition coefficient (Wildman–Crippen LogP) is 4.25. The van der Waals surface area contributed by atoms with Crippen molar-refractivity contribution in [3.8, 4) is 0 Å². The lowest BCUT2D eigenvalue weighted by molar-refractivity contribution is -0.150. The van der Waals surface area contributed by atoms with Crippen LogP contribution in [0.4, 0.5) is 5.82 Å². The lowest BCUT2D eigenvalue weighted by Gasteiger charge is -2.45. The van der Waals surface area contributed by atoms with E-state index in [2.05, 4.69) is 15.2 Å². The van der Waals surface area contributed by atoms with Crippen LogP contribution in [0.5, 0.6) is 0 Å². The average Bonchev–Trinajstić information content (AvgIpc) is 3.53. The number of nitrogens with zero attached hydrogens (tertiary/aromatic N) is 4. The number of hydrogen-bond acceptors (Lipinski definition) is 7. The summed E-state index contributed by atoms with van der Waals surface area (Å²) in [5.41, 5.74) is 1.44. The molecule has 1 saturated carbocycles. The second-order valence-corrected chi connectivity index (χ2v) is 12.2. The Morgan fingerprint density at radius 1 is 0.900 bits per heavy atom. The van der Waals surface area contributed by atoms with Crippen LogP contribution in [-0.4, -0.2) is 75.6 Å². The van der Waals surface area contributed by atoms with Crippen LogP contribution < -0.4 is 10.9 Å². The van der Waals surface area contributed by atoms with Gasteiger partial charge in [0.05, 0.1) is 24.7 Å². The smallest absolute Gasteiger partial charge is 0.328 e. The predicted molar refractivity (Wildman–Crippen MR) is 154 cm³/mol. The van der Waals surface area contributed by atoms with Gasteiger partial charge in [-0.2, -0.15) is 0 Å². The topological polar surface area (TPSA) is 96.8 Å². The minimum Gasteiger partial charge on any atom is -0.467 e. The number of para-hydroxylation sites is 2. The van der Waals surface area contributed by atoms with E-state index in [9.17, 15) is 14.4 Å². The van der Waals surface area contributed by atoms with E-state index < -0.39 is 12.0 Å². The van der Waals surface area contributed by atoms with Crippen LogP contribution in [0.2, 0.25) is 0 Å². The van der Waals surface area contributed by atoms with Gasteiger partial charge < -0.3 is 19.5 Å². The maximum Gasteiger partial charge on any atom is 0.328 e. The number of carbonyl (C=O) groups is 2. The highest BCUT2D eigenvalue weighted by Crippen LogP contribution is 2.44. The maximum atomic E-state index is 14.0. The first-order valence-electron chi connectivity index (χ1n) is 15.4. The summed E-state index contributed by atoms with van der Waals surface area (Å²) in [5, 5.41) is 3.05. The SMILES string of the molecule is COC(=O)[C@@H]1CCCN1C(=O)CNc1nc2ccccc2n([C@H]2C[C@H]3CC[C@@H](C2)N3C2CCCCCCC2)c1=O. The van der Waals surface area contributed by atoms with Gasteiger partial charge in [-0.1, -0.05) is 44.2 Å². The summed E-state index contributed by atoms with van der Waals surface area (Å²) in [4.78, 5) is 48.2. The molecular weight excluding hydrogens is 506 g/mol. The van der Waals surface area contributed by atoms with E-state index >= 15 is 0 Å². The fourth-order valence-corrected chi connectivity index (χ4v) is 8.06. The van der Waals surface area contributed by atoms with Gasteiger partial charge in [0.15, 0.2) is 5.82 Å². The molecule has 4 aliphatic rings. The highest BCUT2D eigenvalue weighted by atomic mass is 16.5. The van der Waals surface area contributed by atoms with Crippen molar-refractivity contribution in [2.75, 3.05) is 25.5 Å². The van der Waals surface area contributed by atoms with E-state index in [4.69, 9.17) is 4.74 Å². The molecule has 216 valence electrons. The van der Waals surface area contributed by atoms with E-state index in [0.717, 1.165) is 30.3 Å². The number of anilines is 1. The van der Waals surface area contributed by atoms with Gasteiger partial charge in [-0.05, 0) is 63.5 Å². The van der Waals surface area contributed by atoms with E-state index in [1.807, 2.05) is 28.8 Å². The molecule has 4 heterocycles. The van der Waals surface area contributed by atoms with Crippen LogP contribution in [-0.2, 0) is 14.3 Å². The van der Waals surface area contributed by atoms with Crippen LogP contribution >= 0.6 is 0 Å². The van der Waals surface area contributed by atoms with Crippen molar-refractivity contribution in [3.05, 3.63) is 34.6 Å². The van der Waals surface area contributed by atoms with Crippen molar-refractivity contribution in [3.63, 3.8) is 0 Å². The molecule has 2 bridgehead atoms. The Hall–Kier alpha value is -2.94. The molecule has 3 saturated heterocycles. The normalized spacial score (nSPS) is 27.9. The quantitative estimate of drug-likeness (QED) is 0.538. The molecule has 1 amide bonds. The number of esters is 1. The van der Waals surface area contributed by atoms with Crippen molar-refractivity contribution >= 4 is 28.7 Å². The van der Waals surface area contributed by atoms with Crippen molar-refractivity contribution in [2.24, 2.45) is 0 Å². The number of aromatic nitrogens is 2. The molecule has 4 atom stereocenters. The van der Waals surface area contributed by atoms with Gasteiger partial charge >= 0.3 is 5.97 Å². The van der Waals surface area contributed by atoms with Crippen LogP contribution in [0, 0.1) is 0 Å². The summed E-state index contributed by atoms with van der Waals surface area (Å²) in [5.74, 6) is -0.410. The highest BCUT2D eigenvalue weighted by Gasteiger charge is 2.44. The molecule has 9 heteroatoms. The third-order valence-electron chi connectivity index (χ3n) is 9.87. The number of fused-ring (bicyclic) bond motifs is 3. The summed E-state index contributed by atoms with van der Waals surface area (Å²) in [6.45, 7) is 0.428. The third kappa shape index (κ3) is 5.24. The Morgan fingerprint density at radius 3 is 2.33 bits per heavy atom. The van der Waals surface area contributed by atoms with Gasteiger partial charge in [0.2, 0.25) is 5.91 Å². The number of piperidine rings is 1. The second-order valence-electron chi connectivity index (χ2n) is 12.2. The molecule has 1 N–H and O–H groups in total. The number of ether oxygens (including phenoxy) is 1. The summed E-state index contributed by atoms with van der Waals surface area (Å²) in [6, 6.07) is 9.12. The second kappa shape index (κ2) is 11.9. The number of carbonyl (C=O) groups excluding carboxylic acids is 2. The van der Waals surface area contributed by atoms with Crippen molar-refractivity contribution in [2.45, 2.75) is 114 Å². The summed E-state index contributed by atoms with van der Waals surface area (Å²) < 4.78 is 6.85. The van der Waals surface area contributed by atoms with Crippen molar-refractivity contribution in [1.29, 1.82) is 0 Å². The maximum absolute atomic E-state index is 14.0. The summed E-state index contributed by atoms with van der Waals surface area (Å²) in [7, 11) is 1.34. The molecule has 0 radical (unpaired) electrons. The zero-order valence-electron chi connectivity index (χ0n) is 23.7. The fourth-order valence-electron chi connectivity index (χ4n) is 8.06. The van der Waals surface area contributed by atoms with Crippen LogP contribution in [0.25, 0.3) is 11.0 Å². The molecule has 1 aromatic carbocycles. The van der Waals surface area contributed by atoms with Gasteiger partial charge in [0.1, 0.15) is 6.04 Å². The molecule has 4 fully saturated rings. The van der Waals surface area contributed by atoms with E-state index in [-0.39, 0.29) is 29.9 Å². The van der Waals surface area contributed by atoms with Crippen molar-refractivity contribution in [1.82, 2.24) is 19.4 Å². The molecular formula is C31H43N5O4. The van der Waals surface area contributed by atoms with Crippen LogP contribution in [0.3, 0.4) is 0 Å². The van der Waals surface area contributed by atoms with Crippen LogP contribution in [0.15, 0.2) is 29.1 Å². The van der Waals surface area contributed by atoms with Gasteiger partial charge in [-0.3, -0.25) is 14.5 Å². The molecule has 1 aromatic heterocycles. The first kappa shape index (κ1) is 27.2. The zero-order chi connectivity index (χ0) is 27.6. The van der Waals surface area contributed by atoms with E-state index in [0.29, 0.717) is 31.1 Å². The minimum absolute atomic E-state index is 0.0839. The van der Waals surface area contributed by atoms with Gasteiger partial charge in [0, 0.05) is 30.7 Å². The molecule has 0 spiro atoms. The van der Waals surface area contributed by atoms with E-state index in [1.165, 1.54) is 64.9 Å². The Balaban J connectivity index is 1.23. The van der Waals surface area contributed by atoms with Gasteiger partial charge in [-0.15, -0.1) is 0 Å².